The molecule has 2 aliphatic heterocycles. The molecule has 3 atom stereocenters. The van der Waals surface area contributed by atoms with Crippen molar-refractivity contribution in [3.05, 3.63) is 35.7 Å². The van der Waals surface area contributed by atoms with E-state index < -0.39 is 31.0 Å². The van der Waals surface area contributed by atoms with Crippen LogP contribution in [0.3, 0.4) is 0 Å². The van der Waals surface area contributed by atoms with Crippen molar-refractivity contribution in [2.45, 2.75) is 50.1 Å². The average molecular weight is 581 g/mol. The predicted molar refractivity (Wildman–Crippen MR) is 148 cm³/mol. The molecule has 0 spiro atoms. The Hall–Kier alpha value is -2.98. The normalized spacial score (nSPS) is 23.4. The number of anilines is 1. The second kappa shape index (κ2) is 10.4. The molecule has 8 bridgehead atoms. The number of benzene rings is 1. The minimum Gasteiger partial charge on any atom is -0.360 e. The predicted octanol–water partition coefficient (Wildman–Crippen LogP) is 4.97. The number of halogens is 4. The maximum Gasteiger partial charge on any atom is 0.419 e. The van der Waals surface area contributed by atoms with Crippen molar-refractivity contribution in [1.29, 1.82) is 0 Å². The van der Waals surface area contributed by atoms with Crippen molar-refractivity contribution in [2.24, 2.45) is 0 Å². The number of nitrogens with zero attached hydrogens (tertiary/aromatic N) is 4. The molecule has 4 heterocycles. The van der Waals surface area contributed by atoms with Gasteiger partial charge in [-0.1, -0.05) is 6.07 Å². The monoisotopic (exact) mass is 580 g/mol. The Labute approximate surface area is 229 Å². The van der Waals surface area contributed by atoms with Crippen LogP contribution < -0.4 is 10.6 Å². The maximum atomic E-state index is 15.0. The molecule has 1 fully saturated rings. The Kier molecular flexibility index (Phi) is 7.46. The molecule has 0 saturated heterocycles. The highest BCUT2D eigenvalue weighted by molar-refractivity contribution is 7.70. The first-order valence-electron chi connectivity index (χ1n) is 13.2. The molecule has 0 radical (unpaired) electrons. The van der Waals surface area contributed by atoms with E-state index in [1.807, 2.05) is 7.05 Å². The van der Waals surface area contributed by atoms with Gasteiger partial charge in [-0.05, 0) is 52.1 Å². The molecular weight excluding hydrogens is 547 g/mol. The van der Waals surface area contributed by atoms with Gasteiger partial charge in [0, 0.05) is 54.3 Å². The highest BCUT2D eigenvalue weighted by Gasteiger charge is 2.37. The standard InChI is InChI=1S/C27H33F4N6O2P/c1-36-10-9-15(28)14-37(2)25(38)19-8-7-18-20(12-32-23(18)24(19)40(3,4)39)22-21(27(29,30)31)13-33-26(35-22)34-16-5-6-17(36)11-16/h7-8,12-13,15-17,32H,5-6,9-11,14H2,1-4H3,(H,33,34,35)/t15-,16+,17+/m1/s1. The number of aromatic amines is 1. The SMILES string of the molecule is CN1C[C@H](F)CCN(C)[C@H]2CC[C@@H](C2)Nc2ncc(C(F)(F)F)c(n2)-c2c[nH]c3c(P(C)(C)=O)c(ccc23)C1=O. The lowest BCUT2D eigenvalue weighted by Gasteiger charge is -2.26. The van der Waals surface area contributed by atoms with Gasteiger partial charge in [-0.25, -0.2) is 14.4 Å². The van der Waals surface area contributed by atoms with Crippen LogP contribution in [-0.4, -0.2) is 89.4 Å². The van der Waals surface area contributed by atoms with Gasteiger partial charge in [-0.2, -0.15) is 13.2 Å². The van der Waals surface area contributed by atoms with E-state index in [9.17, 15) is 22.5 Å². The number of hydrogen-bond donors (Lipinski definition) is 2. The van der Waals surface area contributed by atoms with Gasteiger partial charge >= 0.3 is 6.18 Å². The third-order valence-corrected chi connectivity index (χ3v) is 9.46. The molecule has 0 unspecified atom stereocenters. The lowest BCUT2D eigenvalue weighted by Crippen LogP contribution is -2.37. The number of fused-ring (bicyclic) bond motifs is 7. The van der Waals surface area contributed by atoms with Crippen LogP contribution in [0.25, 0.3) is 22.2 Å². The topological polar surface area (TPSA) is 94.2 Å². The Morgan fingerprint density at radius 2 is 1.85 bits per heavy atom. The molecule has 1 aliphatic carbocycles. The van der Waals surface area contributed by atoms with E-state index in [4.69, 9.17) is 0 Å². The largest absolute Gasteiger partial charge is 0.419 e. The molecule has 1 saturated carbocycles. The van der Waals surface area contributed by atoms with Crippen molar-refractivity contribution in [3.63, 3.8) is 0 Å². The summed E-state index contributed by atoms with van der Waals surface area (Å²) >= 11 is 0. The number of carbonyl (C=O) groups is 1. The lowest BCUT2D eigenvalue weighted by atomic mass is 10.0. The van der Waals surface area contributed by atoms with E-state index in [-0.39, 0.29) is 53.1 Å². The fraction of sp³-hybridized carbons (Fsp3) is 0.519. The number of alkyl halides is 4. The number of amides is 1. The highest BCUT2D eigenvalue weighted by Crippen LogP contribution is 2.43. The van der Waals surface area contributed by atoms with Gasteiger partial charge < -0.3 is 24.7 Å². The molecule has 1 aromatic carbocycles. The Balaban J connectivity index is 1.71. The molecule has 3 aromatic rings. The van der Waals surface area contributed by atoms with Gasteiger partial charge in [0.2, 0.25) is 5.95 Å². The van der Waals surface area contributed by atoms with Gasteiger partial charge in [-0.3, -0.25) is 4.79 Å². The summed E-state index contributed by atoms with van der Waals surface area (Å²) in [5, 5.41) is 3.75. The first kappa shape index (κ1) is 28.5. The smallest absolute Gasteiger partial charge is 0.360 e. The maximum absolute atomic E-state index is 15.0. The molecule has 216 valence electrons. The molecule has 6 rings (SSSR count). The second-order valence-electron chi connectivity index (χ2n) is 11.3. The van der Waals surface area contributed by atoms with E-state index in [1.54, 1.807) is 0 Å². The summed E-state index contributed by atoms with van der Waals surface area (Å²) in [6.07, 6.45) is -1.24. The number of rotatable bonds is 1. The summed E-state index contributed by atoms with van der Waals surface area (Å²) in [5.41, 5.74) is -0.748. The zero-order valence-electron chi connectivity index (χ0n) is 22.8. The summed E-state index contributed by atoms with van der Waals surface area (Å²) in [4.78, 5) is 28.1. The Bertz CT molecular complexity index is 1490. The van der Waals surface area contributed by atoms with Crippen LogP contribution in [0.4, 0.5) is 23.5 Å². The van der Waals surface area contributed by atoms with Crippen molar-refractivity contribution in [3.8, 4) is 11.3 Å². The lowest BCUT2D eigenvalue weighted by molar-refractivity contribution is -0.137. The van der Waals surface area contributed by atoms with E-state index in [0.29, 0.717) is 23.9 Å². The average Bonchev–Trinajstić information content (AvgIpc) is 3.51. The summed E-state index contributed by atoms with van der Waals surface area (Å²) in [5.74, 6) is -0.424. The fourth-order valence-electron chi connectivity index (χ4n) is 5.85. The summed E-state index contributed by atoms with van der Waals surface area (Å²) < 4.78 is 70.9. The van der Waals surface area contributed by atoms with Crippen LogP contribution in [0, 0.1) is 0 Å². The molecule has 40 heavy (non-hydrogen) atoms. The van der Waals surface area contributed by atoms with Crippen LogP contribution in [0.1, 0.15) is 41.6 Å². The second-order valence-corrected chi connectivity index (χ2v) is 14.4. The van der Waals surface area contributed by atoms with Crippen LogP contribution in [-0.2, 0) is 10.7 Å². The first-order valence-corrected chi connectivity index (χ1v) is 15.8. The third-order valence-electron chi connectivity index (χ3n) is 7.92. The van der Waals surface area contributed by atoms with Crippen molar-refractivity contribution in [1.82, 2.24) is 24.8 Å². The van der Waals surface area contributed by atoms with Crippen LogP contribution >= 0.6 is 7.14 Å². The van der Waals surface area contributed by atoms with Crippen LogP contribution in [0.5, 0.6) is 0 Å². The highest BCUT2D eigenvalue weighted by atomic mass is 31.2. The van der Waals surface area contributed by atoms with E-state index in [2.05, 4.69) is 25.2 Å². The molecule has 2 aromatic heterocycles. The van der Waals surface area contributed by atoms with Crippen LogP contribution in [0.15, 0.2) is 24.5 Å². The Morgan fingerprint density at radius 1 is 1.10 bits per heavy atom. The first-order chi connectivity index (χ1) is 18.7. The number of nitrogens with one attached hydrogen (secondary N) is 2. The number of aromatic nitrogens is 3. The minimum atomic E-state index is -4.72. The molecule has 1 amide bonds. The zero-order valence-corrected chi connectivity index (χ0v) is 23.7. The minimum absolute atomic E-state index is 0.0489. The van der Waals surface area contributed by atoms with Crippen molar-refractivity contribution >= 4 is 35.2 Å². The van der Waals surface area contributed by atoms with Gasteiger partial charge in [-0.15, -0.1) is 0 Å². The number of H-pyrrole nitrogens is 1. The Morgan fingerprint density at radius 3 is 2.55 bits per heavy atom. The summed E-state index contributed by atoms with van der Waals surface area (Å²) in [6, 6.07) is 3.10. The van der Waals surface area contributed by atoms with Crippen LogP contribution in [0.2, 0.25) is 0 Å². The molecule has 8 nitrogen and oxygen atoms in total. The van der Waals surface area contributed by atoms with Gasteiger partial charge in [0.1, 0.15) is 18.9 Å². The van der Waals surface area contributed by atoms with Gasteiger partial charge in [0.25, 0.3) is 5.91 Å². The van der Waals surface area contributed by atoms with E-state index in [1.165, 1.54) is 43.6 Å². The summed E-state index contributed by atoms with van der Waals surface area (Å²) in [6.45, 7) is 3.34. The van der Waals surface area contributed by atoms with Crippen molar-refractivity contribution < 1.29 is 26.9 Å². The van der Waals surface area contributed by atoms with Crippen molar-refractivity contribution in [2.75, 3.05) is 45.8 Å². The fourth-order valence-corrected chi connectivity index (χ4v) is 7.32. The molecule has 13 heteroatoms. The van der Waals surface area contributed by atoms with Gasteiger partial charge in [0.15, 0.2) is 0 Å². The zero-order chi connectivity index (χ0) is 29.0. The van der Waals surface area contributed by atoms with E-state index in [0.717, 1.165) is 19.0 Å². The number of hydrogen-bond acceptors (Lipinski definition) is 6. The molecule has 2 N–H and O–H groups in total. The molecule has 3 aliphatic rings. The third kappa shape index (κ3) is 5.48. The quantitative estimate of drug-likeness (QED) is 0.312. The molecular formula is C27H33F4N6O2P. The summed E-state index contributed by atoms with van der Waals surface area (Å²) in [7, 11) is 0.279. The number of carbonyl (C=O) groups excluding carboxylic acids is 1. The van der Waals surface area contributed by atoms with E-state index >= 15 is 4.39 Å². The van der Waals surface area contributed by atoms with Gasteiger partial charge in [0.05, 0.1) is 23.3 Å².